The molecule has 1 amide bonds. The van der Waals surface area contributed by atoms with Crippen molar-refractivity contribution in [1.82, 2.24) is 15.3 Å². The number of carbonyl (C=O) groups is 1. The third kappa shape index (κ3) is 3.28. The number of amides is 1. The molecule has 0 saturated carbocycles. The normalized spacial score (nSPS) is 10.6. The SMILES string of the molecule is O=C(NCc1csc(-c2cccnc2)n1)c1ccc(F)c(F)c1F. The van der Waals surface area contributed by atoms with Gasteiger partial charge in [-0.1, -0.05) is 0 Å². The zero-order chi connectivity index (χ0) is 17.1. The van der Waals surface area contributed by atoms with Crippen LogP contribution < -0.4 is 5.32 Å². The van der Waals surface area contributed by atoms with Crippen LogP contribution in [0.2, 0.25) is 0 Å². The third-order valence-electron chi connectivity index (χ3n) is 3.17. The van der Waals surface area contributed by atoms with Crippen LogP contribution in [0, 0.1) is 17.5 Å². The van der Waals surface area contributed by atoms with E-state index >= 15 is 0 Å². The molecule has 24 heavy (non-hydrogen) atoms. The molecule has 0 bridgehead atoms. The first-order valence-electron chi connectivity index (χ1n) is 6.82. The van der Waals surface area contributed by atoms with E-state index in [9.17, 15) is 18.0 Å². The molecule has 0 aliphatic rings. The molecule has 8 heteroatoms. The monoisotopic (exact) mass is 349 g/mol. The number of aromatic nitrogens is 2. The second-order valence-corrected chi connectivity index (χ2v) is 5.65. The average Bonchev–Trinajstić information content (AvgIpc) is 3.07. The van der Waals surface area contributed by atoms with Crippen molar-refractivity contribution in [3.05, 3.63) is 70.7 Å². The van der Waals surface area contributed by atoms with Gasteiger partial charge in [0.05, 0.1) is 17.8 Å². The molecular weight excluding hydrogens is 339 g/mol. The fourth-order valence-corrected chi connectivity index (χ4v) is 2.79. The van der Waals surface area contributed by atoms with E-state index < -0.39 is 28.9 Å². The summed E-state index contributed by atoms with van der Waals surface area (Å²) >= 11 is 1.37. The number of benzene rings is 1. The Labute approximate surface area is 139 Å². The molecule has 0 unspecified atom stereocenters. The van der Waals surface area contributed by atoms with E-state index in [-0.39, 0.29) is 6.54 Å². The number of halogens is 3. The zero-order valence-corrected chi connectivity index (χ0v) is 12.9. The van der Waals surface area contributed by atoms with Gasteiger partial charge in [0, 0.05) is 23.3 Å². The maximum Gasteiger partial charge on any atom is 0.254 e. The number of carbonyl (C=O) groups excluding carboxylic acids is 1. The highest BCUT2D eigenvalue weighted by Crippen LogP contribution is 2.22. The van der Waals surface area contributed by atoms with Gasteiger partial charge in [-0.3, -0.25) is 9.78 Å². The summed E-state index contributed by atoms with van der Waals surface area (Å²) in [5.74, 6) is -5.37. The van der Waals surface area contributed by atoms with Crippen molar-refractivity contribution >= 4 is 17.2 Å². The molecule has 1 aromatic carbocycles. The van der Waals surface area contributed by atoms with Gasteiger partial charge >= 0.3 is 0 Å². The lowest BCUT2D eigenvalue weighted by atomic mass is 10.2. The Morgan fingerprint density at radius 2 is 2.00 bits per heavy atom. The molecule has 2 heterocycles. The predicted octanol–water partition coefficient (Wildman–Crippen LogP) is 3.55. The molecule has 0 aliphatic heterocycles. The van der Waals surface area contributed by atoms with E-state index in [0.717, 1.165) is 16.6 Å². The second kappa shape index (κ2) is 6.79. The van der Waals surface area contributed by atoms with Crippen LogP contribution in [-0.4, -0.2) is 15.9 Å². The van der Waals surface area contributed by atoms with Gasteiger partial charge in [-0.15, -0.1) is 11.3 Å². The highest BCUT2D eigenvalue weighted by atomic mass is 32.1. The fourth-order valence-electron chi connectivity index (χ4n) is 1.98. The van der Waals surface area contributed by atoms with Crippen molar-refractivity contribution in [3.8, 4) is 10.6 Å². The van der Waals surface area contributed by atoms with Gasteiger partial charge in [-0.25, -0.2) is 18.2 Å². The lowest BCUT2D eigenvalue weighted by Gasteiger charge is -2.05. The Morgan fingerprint density at radius 1 is 1.17 bits per heavy atom. The van der Waals surface area contributed by atoms with E-state index in [1.807, 2.05) is 6.07 Å². The predicted molar refractivity (Wildman–Crippen MR) is 82.8 cm³/mol. The van der Waals surface area contributed by atoms with Crippen LogP contribution in [0.25, 0.3) is 10.6 Å². The van der Waals surface area contributed by atoms with Gasteiger partial charge in [0.15, 0.2) is 17.5 Å². The van der Waals surface area contributed by atoms with Gasteiger partial charge < -0.3 is 5.32 Å². The smallest absolute Gasteiger partial charge is 0.254 e. The van der Waals surface area contributed by atoms with Crippen molar-refractivity contribution in [1.29, 1.82) is 0 Å². The van der Waals surface area contributed by atoms with Crippen molar-refractivity contribution < 1.29 is 18.0 Å². The number of thiazole rings is 1. The summed E-state index contributed by atoms with van der Waals surface area (Å²) in [5.41, 5.74) is 0.846. The summed E-state index contributed by atoms with van der Waals surface area (Å²) in [4.78, 5) is 20.2. The molecule has 0 atom stereocenters. The zero-order valence-electron chi connectivity index (χ0n) is 12.1. The minimum Gasteiger partial charge on any atom is -0.346 e. The van der Waals surface area contributed by atoms with E-state index in [0.29, 0.717) is 11.8 Å². The summed E-state index contributed by atoms with van der Waals surface area (Å²) in [5, 5.41) is 4.90. The second-order valence-electron chi connectivity index (χ2n) is 4.79. The number of hydrogen-bond acceptors (Lipinski definition) is 4. The third-order valence-corrected chi connectivity index (χ3v) is 4.11. The standard InChI is InChI=1S/C16H10F3N3OS/c17-12-4-3-11(13(18)14(12)19)15(23)21-7-10-8-24-16(22-10)9-2-1-5-20-6-9/h1-6,8H,7H2,(H,21,23). The van der Waals surface area contributed by atoms with Crippen LogP contribution in [0.1, 0.15) is 16.1 Å². The van der Waals surface area contributed by atoms with Crippen molar-refractivity contribution in [2.24, 2.45) is 0 Å². The molecule has 0 radical (unpaired) electrons. The van der Waals surface area contributed by atoms with Gasteiger partial charge in [0.2, 0.25) is 0 Å². The Balaban J connectivity index is 1.69. The number of pyridine rings is 1. The van der Waals surface area contributed by atoms with Gasteiger partial charge in [-0.05, 0) is 24.3 Å². The average molecular weight is 349 g/mol. The summed E-state index contributed by atoms with van der Waals surface area (Å²) < 4.78 is 39.6. The maximum absolute atomic E-state index is 13.6. The lowest BCUT2D eigenvalue weighted by Crippen LogP contribution is -2.24. The Morgan fingerprint density at radius 3 is 2.75 bits per heavy atom. The molecule has 0 fully saturated rings. The van der Waals surface area contributed by atoms with Crippen molar-refractivity contribution in [3.63, 3.8) is 0 Å². The molecule has 0 aliphatic carbocycles. The first-order valence-corrected chi connectivity index (χ1v) is 7.70. The fraction of sp³-hybridized carbons (Fsp3) is 0.0625. The van der Waals surface area contributed by atoms with Crippen LogP contribution >= 0.6 is 11.3 Å². The number of nitrogens with one attached hydrogen (secondary N) is 1. The molecule has 3 aromatic rings. The van der Waals surface area contributed by atoms with Crippen LogP contribution in [0.15, 0.2) is 42.0 Å². The van der Waals surface area contributed by atoms with Gasteiger partial charge in [-0.2, -0.15) is 0 Å². The highest BCUT2D eigenvalue weighted by Gasteiger charge is 2.18. The van der Waals surface area contributed by atoms with E-state index in [1.165, 1.54) is 11.3 Å². The van der Waals surface area contributed by atoms with E-state index in [2.05, 4.69) is 15.3 Å². The minimum absolute atomic E-state index is 0.0357. The van der Waals surface area contributed by atoms with Crippen LogP contribution in [0.3, 0.4) is 0 Å². The summed E-state index contributed by atoms with van der Waals surface area (Å²) in [6.45, 7) is 0.0357. The van der Waals surface area contributed by atoms with Crippen LogP contribution in [0.4, 0.5) is 13.2 Å². The van der Waals surface area contributed by atoms with Crippen molar-refractivity contribution in [2.45, 2.75) is 6.54 Å². The first kappa shape index (κ1) is 16.1. The highest BCUT2D eigenvalue weighted by molar-refractivity contribution is 7.13. The molecule has 2 aromatic heterocycles. The summed E-state index contributed by atoms with van der Waals surface area (Å²) in [6.07, 6.45) is 3.31. The lowest BCUT2D eigenvalue weighted by molar-refractivity contribution is 0.0945. The molecule has 4 nitrogen and oxygen atoms in total. The van der Waals surface area contributed by atoms with Gasteiger partial charge in [0.25, 0.3) is 5.91 Å². The first-order chi connectivity index (χ1) is 11.6. The van der Waals surface area contributed by atoms with Crippen LogP contribution in [-0.2, 0) is 6.54 Å². The molecule has 3 rings (SSSR count). The summed E-state index contributed by atoms with van der Waals surface area (Å²) in [6, 6.07) is 5.23. The number of nitrogens with zero attached hydrogens (tertiary/aromatic N) is 2. The molecule has 1 N–H and O–H groups in total. The Hall–Kier alpha value is -2.74. The molecule has 0 saturated heterocycles. The van der Waals surface area contributed by atoms with Gasteiger partial charge in [0.1, 0.15) is 5.01 Å². The van der Waals surface area contributed by atoms with Crippen molar-refractivity contribution in [2.75, 3.05) is 0 Å². The summed E-state index contributed by atoms with van der Waals surface area (Å²) in [7, 11) is 0. The largest absolute Gasteiger partial charge is 0.346 e. The quantitative estimate of drug-likeness (QED) is 0.733. The van der Waals surface area contributed by atoms with Crippen LogP contribution in [0.5, 0.6) is 0 Å². The minimum atomic E-state index is -1.67. The molecule has 0 spiro atoms. The van der Waals surface area contributed by atoms with E-state index in [1.54, 1.807) is 23.8 Å². The maximum atomic E-state index is 13.6. The molecule has 122 valence electrons. The molecular formula is C16H10F3N3OS. The number of rotatable bonds is 4. The Bertz CT molecular complexity index is 884. The number of hydrogen-bond donors (Lipinski definition) is 1. The van der Waals surface area contributed by atoms with E-state index in [4.69, 9.17) is 0 Å². The Kier molecular flexibility index (Phi) is 4.57. The topological polar surface area (TPSA) is 54.9 Å².